The smallest absolute Gasteiger partial charge is 0.225 e. The average Bonchev–Trinajstić information content (AvgIpc) is 2.60. The van der Waals surface area contributed by atoms with E-state index in [1.807, 2.05) is 31.0 Å². The lowest BCUT2D eigenvalue weighted by molar-refractivity contribution is -0.116. The molecule has 1 atom stereocenters. The van der Waals surface area contributed by atoms with Crippen molar-refractivity contribution in [3.63, 3.8) is 0 Å². The zero-order valence-electron chi connectivity index (χ0n) is 15.1. The van der Waals surface area contributed by atoms with Crippen molar-refractivity contribution >= 4 is 33.0 Å². The molecule has 0 saturated heterocycles. The number of carbonyl (C=O) groups excluding carboxylic acids is 1. The molecule has 140 valence electrons. The van der Waals surface area contributed by atoms with Crippen LogP contribution < -0.4 is 5.32 Å². The Kier molecular flexibility index (Phi) is 6.81. The number of para-hydroxylation sites is 1. The van der Waals surface area contributed by atoms with Gasteiger partial charge in [-0.1, -0.05) is 35.9 Å². The van der Waals surface area contributed by atoms with Gasteiger partial charge >= 0.3 is 0 Å². The van der Waals surface area contributed by atoms with Gasteiger partial charge in [-0.3, -0.25) is 9.69 Å². The number of halogens is 1. The van der Waals surface area contributed by atoms with Gasteiger partial charge < -0.3 is 5.32 Å². The molecule has 0 heterocycles. The summed E-state index contributed by atoms with van der Waals surface area (Å²) in [5.41, 5.74) is 1.60. The van der Waals surface area contributed by atoms with Gasteiger partial charge in [-0.2, -0.15) is 0 Å². The van der Waals surface area contributed by atoms with Gasteiger partial charge in [0.15, 0.2) is 9.84 Å². The fourth-order valence-corrected chi connectivity index (χ4v) is 3.31. The van der Waals surface area contributed by atoms with Crippen LogP contribution in [0.3, 0.4) is 0 Å². The third-order valence-corrected chi connectivity index (χ3v) is 5.75. The van der Waals surface area contributed by atoms with Crippen LogP contribution in [0.5, 0.6) is 0 Å². The Hall–Kier alpha value is -1.89. The van der Waals surface area contributed by atoms with Crippen LogP contribution in [0.1, 0.15) is 24.9 Å². The van der Waals surface area contributed by atoms with Gasteiger partial charge in [-0.15, -0.1) is 0 Å². The molecular weight excluding hydrogens is 372 g/mol. The molecule has 26 heavy (non-hydrogen) atoms. The fraction of sp³-hybridized carbons (Fsp3) is 0.316. The van der Waals surface area contributed by atoms with Crippen molar-refractivity contribution in [3.05, 3.63) is 59.1 Å². The molecule has 1 N–H and O–H groups in total. The van der Waals surface area contributed by atoms with Gasteiger partial charge in [0.05, 0.1) is 15.6 Å². The summed E-state index contributed by atoms with van der Waals surface area (Å²) in [6, 6.07) is 14.0. The molecule has 2 aromatic rings. The first-order chi connectivity index (χ1) is 12.2. The Morgan fingerprint density at radius 3 is 2.35 bits per heavy atom. The summed E-state index contributed by atoms with van der Waals surface area (Å²) in [5, 5.41) is 3.31. The first-order valence-corrected chi connectivity index (χ1v) is 10.5. The number of hydrogen-bond donors (Lipinski definition) is 1. The third-order valence-electron chi connectivity index (χ3n) is 4.29. The van der Waals surface area contributed by atoms with Crippen LogP contribution in [0.4, 0.5) is 5.69 Å². The minimum atomic E-state index is -3.20. The Labute approximate surface area is 159 Å². The van der Waals surface area contributed by atoms with Gasteiger partial charge in [0.25, 0.3) is 0 Å². The first-order valence-electron chi connectivity index (χ1n) is 8.23. The fourth-order valence-electron chi connectivity index (χ4n) is 2.49. The molecule has 0 aliphatic rings. The molecule has 0 bridgehead atoms. The van der Waals surface area contributed by atoms with Crippen molar-refractivity contribution in [1.29, 1.82) is 0 Å². The second kappa shape index (κ2) is 8.66. The zero-order chi connectivity index (χ0) is 19.3. The summed E-state index contributed by atoms with van der Waals surface area (Å²) in [5.74, 6) is -0.107. The van der Waals surface area contributed by atoms with E-state index in [0.29, 0.717) is 28.6 Å². The lowest BCUT2D eigenvalue weighted by Crippen LogP contribution is -2.27. The number of carbonyl (C=O) groups is 1. The van der Waals surface area contributed by atoms with E-state index in [0.717, 1.165) is 5.56 Å². The largest absolute Gasteiger partial charge is 0.325 e. The Bertz CT molecular complexity index is 867. The molecule has 0 aliphatic heterocycles. The van der Waals surface area contributed by atoms with Gasteiger partial charge in [-0.05, 0) is 43.8 Å². The molecule has 1 amide bonds. The molecule has 7 heteroatoms. The predicted octanol–water partition coefficient (Wildman–Crippen LogP) is 3.77. The van der Waals surface area contributed by atoms with Gasteiger partial charge in [0.1, 0.15) is 0 Å². The van der Waals surface area contributed by atoms with E-state index in [4.69, 9.17) is 11.6 Å². The summed E-state index contributed by atoms with van der Waals surface area (Å²) < 4.78 is 23.1. The normalized spacial score (nSPS) is 12.8. The number of nitrogens with zero attached hydrogens (tertiary/aromatic N) is 1. The molecule has 0 unspecified atom stereocenters. The van der Waals surface area contributed by atoms with Crippen molar-refractivity contribution in [2.45, 2.75) is 24.3 Å². The summed E-state index contributed by atoms with van der Waals surface area (Å²) in [6.07, 6.45) is 1.52. The summed E-state index contributed by atoms with van der Waals surface area (Å²) in [4.78, 5) is 14.5. The predicted molar refractivity (Wildman–Crippen MR) is 105 cm³/mol. The molecule has 0 spiro atoms. The highest BCUT2D eigenvalue weighted by Crippen LogP contribution is 2.22. The van der Waals surface area contributed by atoms with Crippen molar-refractivity contribution in [3.8, 4) is 0 Å². The quantitative estimate of drug-likeness (QED) is 0.776. The number of amides is 1. The van der Waals surface area contributed by atoms with E-state index < -0.39 is 9.84 Å². The van der Waals surface area contributed by atoms with E-state index in [1.165, 1.54) is 6.26 Å². The summed E-state index contributed by atoms with van der Waals surface area (Å²) >= 11 is 6.04. The lowest BCUT2D eigenvalue weighted by Gasteiger charge is -2.25. The van der Waals surface area contributed by atoms with E-state index >= 15 is 0 Å². The molecule has 5 nitrogen and oxygen atoms in total. The minimum absolute atomic E-state index is 0.0525. The SMILES string of the molecule is C[C@H](c1ccc(S(C)(=O)=O)cc1)N(C)CCC(=O)Nc1ccccc1Cl. The Morgan fingerprint density at radius 1 is 1.15 bits per heavy atom. The first kappa shape index (κ1) is 20.4. The average molecular weight is 395 g/mol. The number of sulfone groups is 1. The van der Waals surface area contributed by atoms with Gasteiger partial charge in [-0.25, -0.2) is 8.42 Å². The number of hydrogen-bond acceptors (Lipinski definition) is 4. The number of benzene rings is 2. The molecule has 0 fully saturated rings. The maximum Gasteiger partial charge on any atom is 0.225 e. The van der Waals surface area contributed by atoms with E-state index in [2.05, 4.69) is 5.32 Å². The highest BCUT2D eigenvalue weighted by atomic mass is 35.5. The van der Waals surface area contributed by atoms with Crippen LogP contribution in [0.2, 0.25) is 5.02 Å². The number of anilines is 1. The number of nitrogens with one attached hydrogen (secondary N) is 1. The van der Waals surface area contributed by atoms with Crippen LogP contribution >= 0.6 is 11.6 Å². The van der Waals surface area contributed by atoms with E-state index in [9.17, 15) is 13.2 Å². The van der Waals surface area contributed by atoms with Crippen LogP contribution in [0, 0.1) is 0 Å². The third kappa shape index (κ3) is 5.56. The number of rotatable bonds is 7. The van der Waals surface area contributed by atoms with Crippen LogP contribution in [-0.2, 0) is 14.6 Å². The monoisotopic (exact) mass is 394 g/mol. The summed E-state index contributed by atoms with van der Waals surface area (Å²) in [6.45, 7) is 2.58. The Morgan fingerprint density at radius 2 is 1.77 bits per heavy atom. The van der Waals surface area contributed by atoms with Crippen molar-refractivity contribution in [2.24, 2.45) is 0 Å². The lowest BCUT2D eigenvalue weighted by atomic mass is 10.1. The molecule has 0 radical (unpaired) electrons. The standard InChI is InChI=1S/C19H23ClN2O3S/c1-14(15-8-10-16(11-9-15)26(3,24)25)22(2)13-12-19(23)21-18-7-5-4-6-17(18)20/h4-11,14H,12-13H2,1-3H3,(H,21,23)/t14-/m1/s1. The minimum Gasteiger partial charge on any atom is -0.325 e. The van der Waals surface area contributed by atoms with Crippen LogP contribution in [-0.4, -0.2) is 39.1 Å². The molecule has 2 rings (SSSR count). The van der Waals surface area contributed by atoms with E-state index in [-0.39, 0.29) is 11.9 Å². The van der Waals surface area contributed by atoms with Crippen LogP contribution in [0.25, 0.3) is 0 Å². The highest BCUT2D eigenvalue weighted by molar-refractivity contribution is 7.90. The van der Waals surface area contributed by atoms with Crippen molar-refractivity contribution in [1.82, 2.24) is 4.90 Å². The zero-order valence-corrected chi connectivity index (χ0v) is 16.6. The van der Waals surface area contributed by atoms with Gasteiger partial charge in [0.2, 0.25) is 5.91 Å². The second-order valence-electron chi connectivity index (χ2n) is 6.28. The molecule has 2 aromatic carbocycles. The maximum absolute atomic E-state index is 12.1. The molecular formula is C19H23ClN2O3S. The maximum atomic E-state index is 12.1. The van der Waals surface area contributed by atoms with Crippen molar-refractivity contribution < 1.29 is 13.2 Å². The second-order valence-corrected chi connectivity index (χ2v) is 8.70. The van der Waals surface area contributed by atoms with E-state index in [1.54, 1.807) is 36.4 Å². The summed E-state index contributed by atoms with van der Waals surface area (Å²) in [7, 11) is -1.27. The topological polar surface area (TPSA) is 66.5 Å². The Balaban J connectivity index is 1.91. The van der Waals surface area contributed by atoms with Crippen LogP contribution in [0.15, 0.2) is 53.4 Å². The van der Waals surface area contributed by atoms with Crippen molar-refractivity contribution in [2.75, 3.05) is 25.2 Å². The highest BCUT2D eigenvalue weighted by Gasteiger charge is 2.15. The molecule has 0 saturated carbocycles. The molecule has 0 aliphatic carbocycles. The molecule has 0 aromatic heterocycles. The van der Waals surface area contributed by atoms with Gasteiger partial charge in [0, 0.05) is 25.3 Å².